The number of fused-ring (bicyclic) bond motifs is 1. The van der Waals surface area contributed by atoms with E-state index < -0.39 is 5.76 Å². The molecule has 0 aliphatic rings. The molecule has 1 aromatic heterocycles. The summed E-state index contributed by atoms with van der Waals surface area (Å²) < 4.78 is 5.01. The average molecular weight is 249 g/mol. The number of nitrogens with one attached hydrogen (secondary N) is 2. The Hall–Kier alpha value is -1.75. The van der Waals surface area contributed by atoms with Crippen molar-refractivity contribution in [3.8, 4) is 0 Å². The first-order chi connectivity index (χ1) is 8.60. The molecule has 0 bridgehead atoms. The number of benzene rings is 1. The van der Waals surface area contributed by atoms with Gasteiger partial charge in [0.1, 0.15) is 0 Å². The van der Waals surface area contributed by atoms with Crippen LogP contribution in [0.2, 0.25) is 0 Å². The smallest absolute Gasteiger partial charge is 0.408 e. The van der Waals surface area contributed by atoms with Crippen molar-refractivity contribution >= 4 is 16.8 Å². The molecule has 18 heavy (non-hydrogen) atoms. The summed E-state index contributed by atoms with van der Waals surface area (Å²) in [5.74, 6) is 0.541. The van der Waals surface area contributed by atoms with Gasteiger partial charge in [0, 0.05) is 18.3 Å². The molecule has 4 N–H and O–H groups in total. The molecule has 98 valence electrons. The fourth-order valence-corrected chi connectivity index (χ4v) is 1.90. The first-order valence-electron chi connectivity index (χ1n) is 6.17. The molecule has 0 saturated carbocycles. The molecule has 0 spiro atoms. The van der Waals surface area contributed by atoms with Gasteiger partial charge in [0.05, 0.1) is 5.52 Å². The Balaban J connectivity index is 2.09. The Labute approximate surface area is 105 Å². The fraction of sp³-hybridized carbons (Fsp3) is 0.462. The van der Waals surface area contributed by atoms with Crippen LogP contribution in [-0.4, -0.2) is 18.1 Å². The highest BCUT2D eigenvalue weighted by atomic mass is 16.4. The monoisotopic (exact) mass is 249 g/mol. The van der Waals surface area contributed by atoms with E-state index in [2.05, 4.69) is 24.1 Å². The molecule has 5 heteroatoms. The zero-order valence-corrected chi connectivity index (χ0v) is 10.7. The zero-order valence-electron chi connectivity index (χ0n) is 10.7. The maximum atomic E-state index is 11.0. The van der Waals surface area contributed by atoms with Gasteiger partial charge in [0.25, 0.3) is 0 Å². The molecule has 0 saturated heterocycles. The van der Waals surface area contributed by atoms with Crippen LogP contribution in [0, 0.1) is 11.8 Å². The minimum absolute atomic E-state index is 0.427. The molecule has 0 aliphatic carbocycles. The molecule has 5 nitrogen and oxygen atoms in total. The zero-order chi connectivity index (χ0) is 13.1. The van der Waals surface area contributed by atoms with Crippen LogP contribution in [0.4, 0.5) is 5.69 Å². The molecule has 1 unspecified atom stereocenters. The van der Waals surface area contributed by atoms with Gasteiger partial charge in [-0.15, -0.1) is 0 Å². The number of rotatable bonds is 5. The summed E-state index contributed by atoms with van der Waals surface area (Å²) in [4.78, 5) is 13.7. The Kier molecular flexibility index (Phi) is 3.72. The third kappa shape index (κ3) is 2.73. The predicted molar refractivity (Wildman–Crippen MR) is 72.7 cm³/mol. The van der Waals surface area contributed by atoms with Gasteiger partial charge in [-0.2, -0.15) is 0 Å². The van der Waals surface area contributed by atoms with Crippen LogP contribution in [-0.2, 0) is 0 Å². The van der Waals surface area contributed by atoms with Crippen molar-refractivity contribution in [3.05, 3.63) is 28.7 Å². The van der Waals surface area contributed by atoms with Crippen molar-refractivity contribution in [2.75, 3.05) is 18.4 Å². The number of aromatic amines is 1. The quantitative estimate of drug-likeness (QED) is 0.754. The third-order valence-corrected chi connectivity index (χ3v) is 3.23. The van der Waals surface area contributed by atoms with E-state index in [1.54, 1.807) is 0 Å². The minimum atomic E-state index is -0.427. The van der Waals surface area contributed by atoms with E-state index in [9.17, 15) is 4.79 Å². The average Bonchev–Trinajstić information content (AvgIpc) is 2.68. The van der Waals surface area contributed by atoms with Crippen molar-refractivity contribution in [1.29, 1.82) is 0 Å². The van der Waals surface area contributed by atoms with E-state index in [0.717, 1.165) is 12.2 Å². The summed E-state index contributed by atoms with van der Waals surface area (Å²) in [5, 5.41) is 3.32. The van der Waals surface area contributed by atoms with Crippen molar-refractivity contribution in [2.45, 2.75) is 13.8 Å². The van der Waals surface area contributed by atoms with Crippen molar-refractivity contribution in [2.24, 2.45) is 17.6 Å². The summed E-state index contributed by atoms with van der Waals surface area (Å²) >= 11 is 0. The highest BCUT2D eigenvalue weighted by molar-refractivity contribution is 5.76. The maximum Gasteiger partial charge on any atom is 0.417 e. The summed E-state index contributed by atoms with van der Waals surface area (Å²) in [7, 11) is 0. The maximum absolute atomic E-state index is 11.0. The van der Waals surface area contributed by atoms with Crippen LogP contribution in [0.15, 0.2) is 27.4 Å². The second kappa shape index (κ2) is 5.27. The van der Waals surface area contributed by atoms with Gasteiger partial charge in [-0.3, -0.25) is 4.98 Å². The standard InChI is InChI=1S/C13H19N3O2/c1-8(2)9(6-14)7-15-10-3-4-11-12(5-10)18-13(17)16-11/h3-5,8-9,15H,6-7,14H2,1-2H3,(H,16,17). The minimum Gasteiger partial charge on any atom is -0.408 e. The van der Waals surface area contributed by atoms with E-state index in [0.29, 0.717) is 29.5 Å². The fourth-order valence-electron chi connectivity index (χ4n) is 1.90. The van der Waals surface area contributed by atoms with Crippen LogP contribution in [0.25, 0.3) is 11.1 Å². The van der Waals surface area contributed by atoms with E-state index in [4.69, 9.17) is 10.2 Å². The highest BCUT2D eigenvalue weighted by Gasteiger charge is 2.11. The van der Waals surface area contributed by atoms with Crippen molar-refractivity contribution in [3.63, 3.8) is 0 Å². The first-order valence-corrected chi connectivity index (χ1v) is 6.17. The normalized spacial score (nSPS) is 13.1. The number of H-pyrrole nitrogens is 1. The predicted octanol–water partition coefficient (Wildman–Crippen LogP) is 1.76. The summed E-state index contributed by atoms with van der Waals surface area (Å²) in [6.45, 7) is 5.79. The molecule has 2 aromatic rings. The molecule has 1 atom stereocenters. The molecule has 1 heterocycles. The largest absolute Gasteiger partial charge is 0.417 e. The number of hydrogen-bond donors (Lipinski definition) is 3. The van der Waals surface area contributed by atoms with Gasteiger partial charge >= 0.3 is 5.76 Å². The Morgan fingerprint density at radius 2 is 2.22 bits per heavy atom. The van der Waals surface area contributed by atoms with E-state index in [1.165, 1.54) is 0 Å². The van der Waals surface area contributed by atoms with Crippen molar-refractivity contribution < 1.29 is 4.42 Å². The molecule has 0 fully saturated rings. The third-order valence-electron chi connectivity index (χ3n) is 3.23. The van der Waals surface area contributed by atoms with Gasteiger partial charge in [0.2, 0.25) is 0 Å². The Morgan fingerprint density at radius 1 is 1.44 bits per heavy atom. The van der Waals surface area contributed by atoms with Crippen LogP contribution in [0.1, 0.15) is 13.8 Å². The number of aromatic nitrogens is 1. The van der Waals surface area contributed by atoms with Gasteiger partial charge < -0.3 is 15.5 Å². The van der Waals surface area contributed by atoms with Crippen molar-refractivity contribution in [1.82, 2.24) is 4.98 Å². The number of oxazole rings is 1. The molecular formula is C13H19N3O2. The topological polar surface area (TPSA) is 84.0 Å². The molecule has 2 rings (SSSR count). The van der Waals surface area contributed by atoms with Gasteiger partial charge in [-0.1, -0.05) is 13.8 Å². The van der Waals surface area contributed by atoms with Crippen LogP contribution >= 0.6 is 0 Å². The Morgan fingerprint density at radius 3 is 2.89 bits per heavy atom. The number of anilines is 1. The molecular weight excluding hydrogens is 230 g/mol. The lowest BCUT2D eigenvalue weighted by Crippen LogP contribution is -2.27. The van der Waals surface area contributed by atoms with Crippen LogP contribution in [0.3, 0.4) is 0 Å². The molecule has 0 radical (unpaired) electrons. The van der Waals surface area contributed by atoms with Gasteiger partial charge in [-0.25, -0.2) is 4.79 Å². The molecule has 0 aliphatic heterocycles. The first kappa shape index (κ1) is 12.7. The summed E-state index contributed by atoms with van der Waals surface area (Å²) in [6.07, 6.45) is 0. The lowest BCUT2D eigenvalue weighted by atomic mass is 9.96. The molecule has 1 aromatic carbocycles. The lowest BCUT2D eigenvalue weighted by molar-refractivity contribution is 0.413. The lowest BCUT2D eigenvalue weighted by Gasteiger charge is -2.19. The van der Waals surface area contributed by atoms with E-state index >= 15 is 0 Å². The SMILES string of the molecule is CC(C)C(CN)CNc1ccc2[nH]c(=O)oc2c1. The number of hydrogen-bond acceptors (Lipinski definition) is 4. The summed E-state index contributed by atoms with van der Waals surface area (Å²) in [6, 6.07) is 5.57. The van der Waals surface area contributed by atoms with Gasteiger partial charge in [-0.05, 0) is 30.5 Å². The van der Waals surface area contributed by atoms with E-state index in [-0.39, 0.29) is 0 Å². The summed E-state index contributed by atoms with van der Waals surface area (Å²) in [5.41, 5.74) is 7.94. The number of nitrogens with two attached hydrogens (primary N) is 1. The second-order valence-corrected chi connectivity index (χ2v) is 4.85. The highest BCUT2D eigenvalue weighted by Crippen LogP contribution is 2.17. The second-order valence-electron chi connectivity index (χ2n) is 4.85. The Bertz CT molecular complexity index is 571. The molecule has 0 amide bonds. The van der Waals surface area contributed by atoms with Crippen LogP contribution in [0.5, 0.6) is 0 Å². The van der Waals surface area contributed by atoms with E-state index in [1.807, 2.05) is 18.2 Å². The van der Waals surface area contributed by atoms with Crippen LogP contribution < -0.4 is 16.8 Å². The van der Waals surface area contributed by atoms with Gasteiger partial charge in [0.15, 0.2) is 5.58 Å².